The van der Waals surface area contributed by atoms with Crippen LogP contribution in [0.3, 0.4) is 0 Å². The van der Waals surface area contributed by atoms with Crippen molar-refractivity contribution < 1.29 is 4.74 Å². The van der Waals surface area contributed by atoms with Crippen molar-refractivity contribution in [1.82, 2.24) is 5.43 Å². The number of hydrogen-bond donors (Lipinski definition) is 2. The van der Waals surface area contributed by atoms with Gasteiger partial charge in [-0.3, -0.25) is 11.3 Å². The Hall–Kier alpha value is 0.230. The second-order valence-electron chi connectivity index (χ2n) is 4.57. The molecule has 0 radical (unpaired) electrons. The Balaban J connectivity index is 1.88. The van der Waals surface area contributed by atoms with Gasteiger partial charge in [0.15, 0.2) is 0 Å². The fourth-order valence-corrected chi connectivity index (χ4v) is 3.67. The molecule has 1 saturated carbocycles. The van der Waals surface area contributed by atoms with Crippen LogP contribution in [0.25, 0.3) is 0 Å². The van der Waals surface area contributed by atoms with E-state index in [1.54, 1.807) is 0 Å². The van der Waals surface area contributed by atoms with E-state index in [0.29, 0.717) is 12.1 Å². The average Bonchev–Trinajstić information content (AvgIpc) is 2.33. The Morgan fingerprint density at radius 2 is 2.07 bits per heavy atom. The molecular formula is C11H22N2OS. The summed E-state index contributed by atoms with van der Waals surface area (Å²) in [4.78, 5) is 0. The first-order valence-electron chi connectivity index (χ1n) is 6.07. The summed E-state index contributed by atoms with van der Waals surface area (Å²) < 4.78 is 5.82. The number of thioether (sulfide) groups is 1. The van der Waals surface area contributed by atoms with E-state index in [-0.39, 0.29) is 0 Å². The number of nitrogens with one attached hydrogen (secondary N) is 1. The van der Waals surface area contributed by atoms with Gasteiger partial charge >= 0.3 is 0 Å². The molecule has 3 N–H and O–H groups in total. The molecule has 1 heterocycles. The fourth-order valence-electron chi connectivity index (χ4n) is 2.75. The van der Waals surface area contributed by atoms with Crippen LogP contribution < -0.4 is 11.3 Å². The predicted molar refractivity (Wildman–Crippen MR) is 64.8 cm³/mol. The summed E-state index contributed by atoms with van der Waals surface area (Å²) in [7, 11) is 0. The zero-order chi connectivity index (χ0) is 10.5. The van der Waals surface area contributed by atoms with Crippen LogP contribution in [-0.2, 0) is 4.74 Å². The minimum Gasteiger partial charge on any atom is -0.375 e. The van der Waals surface area contributed by atoms with Crippen LogP contribution in [0, 0.1) is 5.92 Å². The third-order valence-electron chi connectivity index (χ3n) is 3.59. The van der Waals surface area contributed by atoms with E-state index in [1.807, 2.05) is 11.8 Å². The van der Waals surface area contributed by atoms with Crippen molar-refractivity contribution in [3.63, 3.8) is 0 Å². The Morgan fingerprint density at radius 3 is 2.67 bits per heavy atom. The highest BCUT2D eigenvalue weighted by Crippen LogP contribution is 2.30. The third kappa shape index (κ3) is 3.09. The van der Waals surface area contributed by atoms with Crippen LogP contribution in [0.5, 0.6) is 0 Å². The lowest BCUT2D eigenvalue weighted by molar-refractivity contribution is 0.0234. The first kappa shape index (κ1) is 11.7. The summed E-state index contributed by atoms with van der Waals surface area (Å²) in [5, 5.41) is 0. The highest BCUT2D eigenvalue weighted by molar-refractivity contribution is 7.99. The molecule has 4 heteroatoms. The summed E-state index contributed by atoms with van der Waals surface area (Å²) in [6.45, 7) is 0.889. The number of hydrazine groups is 1. The monoisotopic (exact) mass is 230 g/mol. The SMILES string of the molecule is NNC(C1CCCCC1)C1CSCCO1. The minimum absolute atomic E-state index is 0.330. The lowest BCUT2D eigenvalue weighted by Gasteiger charge is -2.36. The minimum atomic E-state index is 0.330. The lowest BCUT2D eigenvalue weighted by Crippen LogP contribution is -2.52. The zero-order valence-electron chi connectivity index (χ0n) is 9.28. The zero-order valence-corrected chi connectivity index (χ0v) is 10.1. The summed E-state index contributed by atoms with van der Waals surface area (Å²) in [6.07, 6.45) is 7.09. The molecule has 2 atom stereocenters. The normalized spacial score (nSPS) is 31.4. The molecule has 0 aromatic carbocycles. The van der Waals surface area contributed by atoms with Crippen molar-refractivity contribution in [3.05, 3.63) is 0 Å². The van der Waals surface area contributed by atoms with Crippen LogP contribution in [0.1, 0.15) is 32.1 Å². The second kappa shape index (κ2) is 6.09. The quantitative estimate of drug-likeness (QED) is 0.570. The van der Waals surface area contributed by atoms with Gasteiger partial charge in [-0.1, -0.05) is 19.3 Å². The summed E-state index contributed by atoms with van der Waals surface area (Å²) in [5.74, 6) is 8.66. The van der Waals surface area contributed by atoms with Crippen molar-refractivity contribution in [3.8, 4) is 0 Å². The highest BCUT2D eigenvalue weighted by atomic mass is 32.2. The molecule has 0 spiro atoms. The maximum Gasteiger partial charge on any atom is 0.0834 e. The smallest absolute Gasteiger partial charge is 0.0834 e. The number of hydrogen-bond acceptors (Lipinski definition) is 4. The van der Waals surface area contributed by atoms with E-state index < -0.39 is 0 Å². The Morgan fingerprint density at radius 1 is 1.27 bits per heavy atom. The molecule has 0 amide bonds. The van der Waals surface area contributed by atoms with E-state index in [2.05, 4.69) is 5.43 Å². The molecule has 0 aromatic heterocycles. The predicted octanol–water partition coefficient (Wildman–Crippen LogP) is 1.53. The molecule has 1 aliphatic heterocycles. The molecule has 1 saturated heterocycles. The summed E-state index contributed by atoms with van der Waals surface area (Å²) in [6, 6.07) is 0.373. The van der Waals surface area contributed by atoms with Gasteiger partial charge in [-0.05, 0) is 18.8 Å². The van der Waals surface area contributed by atoms with Crippen molar-refractivity contribution in [1.29, 1.82) is 0 Å². The number of rotatable bonds is 3. The van der Waals surface area contributed by atoms with Crippen molar-refractivity contribution >= 4 is 11.8 Å². The topological polar surface area (TPSA) is 47.3 Å². The third-order valence-corrected chi connectivity index (χ3v) is 4.61. The molecule has 88 valence electrons. The highest BCUT2D eigenvalue weighted by Gasteiger charge is 2.31. The molecule has 1 aliphatic carbocycles. The second-order valence-corrected chi connectivity index (χ2v) is 5.72. The van der Waals surface area contributed by atoms with E-state index >= 15 is 0 Å². The maximum absolute atomic E-state index is 5.82. The van der Waals surface area contributed by atoms with Crippen molar-refractivity contribution in [2.75, 3.05) is 18.1 Å². The molecule has 2 aliphatic rings. The van der Waals surface area contributed by atoms with Crippen LogP contribution >= 0.6 is 11.8 Å². The van der Waals surface area contributed by atoms with Gasteiger partial charge in [0, 0.05) is 11.5 Å². The molecule has 2 rings (SSSR count). The lowest BCUT2D eigenvalue weighted by atomic mass is 9.82. The Bertz CT molecular complexity index is 161. The molecule has 0 bridgehead atoms. The first-order valence-corrected chi connectivity index (χ1v) is 7.23. The Labute approximate surface area is 96.5 Å². The van der Waals surface area contributed by atoms with Crippen LogP contribution in [-0.4, -0.2) is 30.3 Å². The molecule has 0 aromatic rings. The first-order chi connectivity index (χ1) is 7.42. The van der Waals surface area contributed by atoms with Gasteiger partial charge in [0.05, 0.1) is 18.8 Å². The van der Waals surface area contributed by atoms with Gasteiger partial charge < -0.3 is 4.74 Å². The van der Waals surface area contributed by atoms with E-state index in [1.165, 1.54) is 32.1 Å². The van der Waals surface area contributed by atoms with Gasteiger partial charge in [0.25, 0.3) is 0 Å². The standard InChI is InChI=1S/C11H22N2OS/c12-13-11(9-4-2-1-3-5-9)10-8-15-7-6-14-10/h9-11,13H,1-8,12H2. The van der Waals surface area contributed by atoms with Gasteiger partial charge in [0.1, 0.15) is 0 Å². The molecule has 2 unspecified atom stereocenters. The van der Waals surface area contributed by atoms with Crippen LogP contribution in [0.15, 0.2) is 0 Å². The number of nitrogens with two attached hydrogens (primary N) is 1. The number of ether oxygens (including phenoxy) is 1. The van der Waals surface area contributed by atoms with Crippen LogP contribution in [0.4, 0.5) is 0 Å². The van der Waals surface area contributed by atoms with Gasteiger partial charge in [0.2, 0.25) is 0 Å². The largest absolute Gasteiger partial charge is 0.375 e. The van der Waals surface area contributed by atoms with Gasteiger partial charge in [-0.25, -0.2) is 0 Å². The van der Waals surface area contributed by atoms with Crippen molar-refractivity contribution in [2.24, 2.45) is 11.8 Å². The van der Waals surface area contributed by atoms with Crippen molar-refractivity contribution in [2.45, 2.75) is 44.2 Å². The molecule has 15 heavy (non-hydrogen) atoms. The Kier molecular flexibility index (Phi) is 4.75. The van der Waals surface area contributed by atoms with Crippen LogP contribution in [0.2, 0.25) is 0 Å². The van der Waals surface area contributed by atoms with E-state index in [4.69, 9.17) is 10.6 Å². The summed E-state index contributed by atoms with van der Waals surface area (Å²) >= 11 is 1.99. The molecule has 2 fully saturated rings. The van der Waals surface area contributed by atoms with Gasteiger partial charge in [-0.2, -0.15) is 11.8 Å². The fraction of sp³-hybridized carbons (Fsp3) is 1.00. The van der Waals surface area contributed by atoms with Gasteiger partial charge in [-0.15, -0.1) is 0 Å². The van der Waals surface area contributed by atoms with E-state index in [9.17, 15) is 0 Å². The van der Waals surface area contributed by atoms with E-state index in [0.717, 1.165) is 24.0 Å². The molecule has 3 nitrogen and oxygen atoms in total. The summed E-state index contributed by atoms with van der Waals surface area (Å²) in [5.41, 5.74) is 3.00. The molecular weight excluding hydrogens is 208 g/mol. The maximum atomic E-state index is 5.82. The average molecular weight is 230 g/mol.